The quantitative estimate of drug-likeness (QED) is 0.532. The molecule has 0 aliphatic heterocycles. The van der Waals surface area contributed by atoms with Gasteiger partial charge in [-0.15, -0.1) is 0 Å². The van der Waals surface area contributed by atoms with E-state index < -0.39 is 0 Å². The van der Waals surface area contributed by atoms with Gasteiger partial charge in [-0.2, -0.15) is 0 Å². The third kappa shape index (κ3) is 2.43. The Morgan fingerprint density at radius 2 is 2.27 bits per heavy atom. The van der Waals surface area contributed by atoms with Gasteiger partial charge in [-0.25, -0.2) is 0 Å². The molecule has 1 saturated carbocycles. The molecule has 1 aliphatic carbocycles. The first-order chi connectivity index (χ1) is 5.26. The molecule has 0 heterocycles. The summed E-state index contributed by atoms with van der Waals surface area (Å²) in [5.41, 5.74) is 5.63. The number of aliphatic hydroxyl groups is 1. The maximum atomic E-state index is 8.87. The van der Waals surface area contributed by atoms with Crippen molar-refractivity contribution in [3.05, 3.63) is 0 Å². The van der Waals surface area contributed by atoms with Crippen molar-refractivity contribution in [2.75, 3.05) is 6.61 Å². The zero-order chi connectivity index (χ0) is 8.27. The number of nitrogens with one attached hydrogen (secondary N) is 1. The van der Waals surface area contributed by atoms with Crippen LogP contribution >= 0.6 is 0 Å². The van der Waals surface area contributed by atoms with Crippen molar-refractivity contribution < 1.29 is 5.11 Å². The zero-order valence-electron chi connectivity index (χ0n) is 7.09. The molecule has 11 heavy (non-hydrogen) atoms. The fraction of sp³-hybridized carbons (Fsp3) is 1.00. The number of hydrogen-bond donors (Lipinski definition) is 3. The number of aliphatic hydroxyl groups excluding tert-OH is 1. The molecule has 3 nitrogen and oxygen atoms in total. The summed E-state index contributed by atoms with van der Waals surface area (Å²) in [7, 11) is 0. The maximum absolute atomic E-state index is 8.87. The van der Waals surface area contributed by atoms with Crippen LogP contribution in [0.1, 0.15) is 26.2 Å². The van der Waals surface area contributed by atoms with Crippen molar-refractivity contribution in [2.24, 2.45) is 5.73 Å². The summed E-state index contributed by atoms with van der Waals surface area (Å²) in [4.78, 5) is 0. The van der Waals surface area contributed by atoms with Crippen molar-refractivity contribution in [1.82, 2.24) is 5.32 Å². The molecule has 0 saturated heterocycles. The third-order valence-corrected chi connectivity index (χ3v) is 2.36. The fourth-order valence-corrected chi connectivity index (χ4v) is 1.43. The van der Waals surface area contributed by atoms with Crippen LogP contribution in [-0.2, 0) is 0 Å². The molecule has 1 rings (SSSR count). The Morgan fingerprint density at radius 1 is 1.64 bits per heavy atom. The summed E-state index contributed by atoms with van der Waals surface area (Å²) in [5, 5.41) is 12.2. The molecule has 1 aliphatic rings. The van der Waals surface area contributed by atoms with E-state index in [2.05, 4.69) is 12.2 Å². The second kappa shape index (κ2) is 4.04. The van der Waals surface area contributed by atoms with E-state index in [1.807, 2.05) is 0 Å². The smallest absolute Gasteiger partial charge is 0.0584 e. The molecule has 3 heteroatoms. The lowest BCUT2D eigenvalue weighted by Crippen LogP contribution is -2.52. The van der Waals surface area contributed by atoms with E-state index in [1.54, 1.807) is 0 Å². The van der Waals surface area contributed by atoms with Crippen LogP contribution in [0.2, 0.25) is 0 Å². The van der Waals surface area contributed by atoms with E-state index in [-0.39, 0.29) is 12.6 Å². The van der Waals surface area contributed by atoms with Crippen molar-refractivity contribution in [3.63, 3.8) is 0 Å². The fourth-order valence-electron chi connectivity index (χ4n) is 1.43. The van der Waals surface area contributed by atoms with Crippen molar-refractivity contribution in [3.8, 4) is 0 Å². The highest BCUT2D eigenvalue weighted by atomic mass is 16.3. The first kappa shape index (κ1) is 8.97. The van der Waals surface area contributed by atoms with E-state index in [4.69, 9.17) is 10.8 Å². The van der Waals surface area contributed by atoms with Gasteiger partial charge < -0.3 is 16.2 Å². The van der Waals surface area contributed by atoms with Crippen LogP contribution in [-0.4, -0.2) is 29.8 Å². The van der Waals surface area contributed by atoms with Gasteiger partial charge in [0.05, 0.1) is 6.61 Å². The molecule has 0 unspecified atom stereocenters. The Bertz CT molecular complexity index is 109. The van der Waals surface area contributed by atoms with Gasteiger partial charge in [0.15, 0.2) is 0 Å². The average Bonchev–Trinajstić information content (AvgIpc) is 1.96. The van der Waals surface area contributed by atoms with E-state index in [9.17, 15) is 0 Å². The van der Waals surface area contributed by atoms with Crippen LogP contribution in [0, 0.1) is 0 Å². The second-order valence-corrected chi connectivity index (χ2v) is 3.38. The van der Waals surface area contributed by atoms with Gasteiger partial charge in [-0.05, 0) is 19.3 Å². The molecule has 0 aromatic heterocycles. The minimum atomic E-state index is 0.238. The largest absolute Gasteiger partial charge is 0.395 e. The molecule has 1 atom stereocenters. The van der Waals surface area contributed by atoms with Crippen molar-refractivity contribution >= 4 is 0 Å². The van der Waals surface area contributed by atoms with Gasteiger partial charge in [0.1, 0.15) is 0 Å². The Hall–Kier alpha value is -0.120. The highest BCUT2D eigenvalue weighted by Crippen LogP contribution is 2.18. The summed E-state index contributed by atoms with van der Waals surface area (Å²) >= 11 is 0. The number of rotatable bonds is 4. The standard InChI is InChI=1S/C8H18N2O/c1-2-7(5-11)10-8-3-6(9)4-8/h6-8,10-11H,2-5,9H2,1H3/t6?,7-,8?/m0/s1. The number of hydrogen-bond acceptors (Lipinski definition) is 3. The summed E-state index contributed by atoms with van der Waals surface area (Å²) in [6.45, 7) is 2.31. The molecule has 0 spiro atoms. The van der Waals surface area contributed by atoms with Gasteiger partial charge >= 0.3 is 0 Å². The first-order valence-electron chi connectivity index (χ1n) is 4.38. The molecule has 1 fully saturated rings. The van der Waals surface area contributed by atoms with Gasteiger partial charge in [0, 0.05) is 18.1 Å². The van der Waals surface area contributed by atoms with Crippen molar-refractivity contribution in [2.45, 2.75) is 44.3 Å². The molecule has 0 bridgehead atoms. The average molecular weight is 158 g/mol. The molecule has 0 aromatic carbocycles. The molecular formula is C8H18N2O. The van der Waals surface area contributed by atoms with Crippen molar-refractivity contribution in [1.29, 1.82) is 0 Å². The van der Waals surface area contributed by atoms with Crippen LogP contribution < -0.4 is 11.1 Å². The first-order valence-corrected chi connectivity index (χ1v) is 4.38. The van der Waals surface area contributed by atoms with Gasteiger partial charge in [0.25, 0.3) is 0 Å². The van der Waals surface area contributed by atoms with Crippen LogP contribution in [0.15, 0.2) is 0 Å². The van der Waals surface area contributed by atoms with Crippen LogP contribution in [0.3, 0.4) is 0 Å². The lowest BCUT2D eigenvalue weighted by Gasteiger charge is -2.35. The summed E-state index contributed by atoms with van der Waals surface area (Å²) in [5.74, 6) is 0. The monoisotopic (exact) mass is 158 g/mol. The van der Waals surface area contributed by atoms with E-state index >= 15 is 0 Å². The Morgan fingerprint density at radius 3 is 2.64 bits per heavy atom. The van der Waals surface area contributed by atoms with E-state index in [1.165, 1.54) is 0 Å². The highest BCUT2D eigenvalue weighted by molar-refractivity contribution is 4.89. The van der Waals surface area contributed by atoms with E-state index in [0.29, 0.717) is 12.1 Å². The lowest BCUT2D eigenvalue weighted by atomic mass is 9.87. The van der Waals surface area contributed by atoms with Crippen LogP contribution in [0.4, 0.5) is 0 Å². The lowest BCUT2D eigenvalue weighted by molar-refractivity contribution is 0.194. The van der Waals surface area contributed by atoms with Gasteiger partial charge in [0.2, 0.25) is 0 Å². The molecule has 4 N–H and O–H groups in total. The Balaban J connectivity index is 2.09. The predicted octanol–water partition coefficient (Wildman–Crippen LogP) is -0.163. The summed E-state index contributed by atoms with van der Waals surface area (Å²) < 4.78 is 0. The second-order valence-electron chi connectivity index (χ2n) is 3.38. The predicted molar refractivity (Wildman–Crippen MR) is 45.3 cm³/mol. The Kier molecular flexibility index (Phi) is 3.30. The SMILES string of the molecule is CC[C@@H](CO)NC1CC(N)C1. The zero-order valence-corrected chi connectivity index (χ0v) is 7.09. The maximum Gasteiger partial charge on any atom is 0.0584 e. The minimum absolute atomic E-state index is 0.238. The molecular weight excluding hydrogens is 140 g/mol. The Labute approximate surface area is 68.0 Å². The van der Waals surface area contributed by atoms with Gasteiger partial charge in [-0.1, -0.05) is 6.92 Å². The molecule has 66 valence electrons. The highest BCUT2D eigenvalue weighted by Gasteiger charge is 2.26. The topological polar surface area (TPSA) is 58.3 Å². The normalized spacial score (nSPS) is 33.0. The summed E-state index contributed by atoms with van der Waals surface area (Å²) in [6.07, 6.45) is 3.12. The summed E-state index contributed by atoms with van der Waals surface area (Å²) in [6, 6.07) is 1.22. The number of nitrogens with two attached hydrogens (primary N) is 1. The van der Waals surface area contributed by atoms with E-state index in [0.717, 1.165) is 19.3 Å². The third-order valence-electron chi connectivity index (χ3n) is 2.36. The van der Waals surface area contributed by atoms with Gasteiger partial charge in [-0.3, -0.25) is 0 Å². The van der Waals surface area contributed by atoms with Crippen LogP contribution in [0.25, 0.3) is 0 Å². The minimum Gasteiger partial charge on any atom is -0.395 e. The van der Waals surface area contributed by atoms with Crippen LogP contribution in [0.5, 0.6) is 0 Å². The molecule has 0 aromatic rings. The molecule has 0 amide bonds. The molecule has 0 radical (unpaired) electrons.